The first-order chi connectivity index (χ1) is 14.5. The predicted octanol–water partition coefficient (Wildman–Crippen LogP) is 3.06. The molecule has 0 unspecified atom stereocenters. The highest BCUT2D eigenvalue weighted by atomic mass is 19.1. The third kappa shape index (κ3) is 4.29. The molecule has 2 amide bonds. The summed E-state index contributed by atoms with van der Waals surface area (Å²) in [5, 5.41) is 0. The average molecular weight is 415 g/mol. The number of anilines is 1. The van der Waals surface area contributed by atoms with Gasteiger partial charge < -0.3 is 4.90 Å². The normalized spacial score (nSPS) is 20.0. The fourth-order valence-corrected chi connectivity index (χ4v) is 3.75. The Balaban J connectivity index is 1.48. The molecule has 7 nitrogen and oxygen atoms in total. The van der Waals surface area contributed by atoms with Crippen LogP contribution in [0.4, 0.5) is 19.5 Å². The molecule has 2 aromatic rings. The smallest absolute Gasteiger partial charge is 0.309 e. The number of amides is 2. The minimum absolute atomic E-state index is 0.00215. The van der Waals surface area contributed by atoms with E-state index in [0.29, 0.717) is 11.6 Å². The topological polar surface area (TPSA) is 79.3 Å². The molecular weight excluding hydrogens is 392 g/mol. The Bertz CT molecular complexity index is 935. The van der Waals surface area contributed by atoms with Crippen LogP contribution in [0.3, 0.4) is 0 Å². The zero-order chi connectivity index (χ0) is 21.3. The first-order valence-corrected chi connectivity index (χ1v) is 10.1. The first-order valence-electron chi connectivity index (χ1n) is 10.1. The van der Waals surface area contributed by atoms with Crippen molar-refractivity contribution >= 4 is 17.8 Å². The minimum atomic E-state index is -1.30. The summed E-state index contributed by atoms with van der Waals surface area (Å²) >= 11 is 0. The summed E-state index contributed by atoms with van der Waals surface area (Å²) in [6.45, 7) is 1.46. The van der Waals surface area contributed by atoms with Gasteiger partial charge in [-0.15, -0.1) is 0 Å². The highest BCUT2D eigenvalue weighted by Gasteiger charge is 2.43. The number of urea groups is 1. The summed E-state index contributed by atoms with van der Waals surface area (Å²) in [6, 6.07) is 2.53. The molecule has 1 aliphatic heterocycles. The number of hydrogen-bond acceptors (Lipinski definition) is 5. The van der Waals surface area contributed by atoms with Crippen molar-refractivity contribution in [3.63, 3.8) is 0 Å². The molecule has 0 spiro atoms. The van der Waals surface area contributed by atoms with Gasteiger partial charge in [0.25, 0.3) is 0 Å². The van der Waals surface area contributed by atoms with Crippen LogP contribution in [0.15, 0.2) is 30.7 Å². The van der Waals surface area contributed by atoms with E-state index in [1.807, 2.05) is 12.1 Å². The van der Waals surface area contributed by atoms with Gasteiger partial charge in [-0.1, -0.05) is 6.92 Å². The lowest BCUT2D eigenvalue weighted by Crippen LogP contribution is -2.43. The Morgan fingerprint density at radius 3 is 2.67 bits per heavy atom. The lowest BCUT2D eigenvalue weighted by molar-refractivity contribution is -0.119. The van der Waals surface area contributed by atoms with Crippen molar-refractivity contribution in [3.05, 3.63) is 47.8 Å². The van der Waals surface area contributed by atoms with Gasteiger partial charge in [-0.3, -0.25) is 14.7 Å². The summed E-state index contributed by atoms with van der Waals surface area (Å²) < 4.78 is 27.7. The molecule has 158 valence electrons. The number of carbonyl (C=O) groups excluding carboxylic acids is 2. The SMILES string of the molecule is CC[C@H](F)[C@H]1CN(c2ncc(F)cn2)C(=O)N1CC(=O)Cc1cc(C2CC2)ccn1. The van der Waals surface area contributed by atoms with Crippen molar-refractivity contribution in [2.45, 2.75) is 50.7 Å². The van der Waals surface area contributed by atoms with E-state index in [2.05, 4.69) is 15.0 Å². The largest absolute Gasteiger partial charge is 0.327 e. The third-order valence-corrected chi connectivity index (χ3v) is 5.52. The summed E-state index contributed by atoms with van der Waals surface area (Å²) in [4.78, 5) is 39.9. The second-order valence-corrected chi connectivity index (χ2v) is 7.78. The lowest BCUT2D eigenvalue weighted by atomic mass is 10.1. The van der Waals surface area contributed by atoms with E-state index in [9.17, 15) is 18.4 Å². The van der Waals surface area contributed by atoms with Crippen LogP contribution in [-0.2, 0) is 11.2 Å². The van der Waals surface area contributed by atoms with Crippen molar-refractivity contribution in [2.75, 3.05) is 18.0 Å². The average Bonchev–Trinajstić information content (AvgIpc) is 3.54. The number of carbonyl (C=O) groups is 2. The fourth-order valence-electron chi connectivity index (χ4n) is 3.75. The monoisotopic (exact) mass is 415 g/mol. The van der Waals surface area contributed by atoms with E-state index in [4.69, 9.17) is 0 Å². The molecule has 2 fully saturated rings. The maximum atomic E-state index is 14.6. The standard InChI is InChI=1S/C21H23F2N5O2/c1-2-18(23)19-12-28(20-25-9-15(22)10-26-20)21(30)27(19)11-17(29)8-16-7-14(5-6-24-16)13-3-4-13/h5-7,9-10,13,18-19H,2-4,8,11-12H2,1H3/t18-,19+/m0/s1. The molecule has 0 N–H and O–H groups in total. The Hall–Kier alpha value is -2.97. The molecule has 0 radical (unpaired) electrons. The first kappa shape index (κ1) is 20.3. The second kappa shape index (κ2) is 8.41. The van der Waals surface area contributed by atoms with E-state index >= 15 is 0 Å². The zero-order valence-electron chi connectivity index (χ0n) is 16.7. The van der Waals surface area contributed by atoms with Crippen LogP contribution in [-0.4, -0.2) is 57.0 Å². The third-order valence-electron chi connectivity index (χ3n) is 5.52. The Morgan fingerprint density at radius 1 is 1.27 bits per heavy atom. The van der Waals surface area contributed by atoms with E-state index in [1.54, 1.807) is 13.1 Å². The molecule has 30 heavy (non-hydrogen) atoms. The maximum Gasteiger partial charge on any atom is 0.327 e. The predicted molar refractivity (Wildman–Crippen MR) is 105 cm³/mol. The maximum absolute atomic E-state index is 14.6. The van der Waals surface area contributed by atoms with Crippen molar-refractivity contribution in [2.24, 2.45) is 0 Å². The summed E-state index contributed by atoms with van der Waals surface area (Å²) in [5.41, 5.74) is 1.83. The number of Topliss-reactive ketones (excluding diaryl/α,β-unsaturated/α-hetero) is 1. The lowest BCUT2D eigenvalue weighted by Gasteiger charge is -2.24. The number of rotatable bonds is 8. The van der Waals surface area contributed by atoms with E-state index in [1.165, 1.54) is 15.4 Å². The van der Waals surface area contributed by atoms with Gasteiger partial charge in [0.05, 0.1) is 37.9 Å². The van der Waals surface area contributed by atoms with Gasteiger partial charge in [-0.2, -0.15) is 0 Å². The Labute approximate surface area is 173 Å². The van der Waals surface area contributed by atoms with Crippen molar-refractivity contribution < 1.29 is 18.4 Å². The highest BCUT2D eigenvalue weighted by molar-refractivity contribution is 5.96. The molecule has 0 bridgehead atoms. The number of ketones is 1. The Morgan fingerprint density at radius 2 is 2.00 bits per heavy atom. The van der Waals surface area contributed by atoms with Crippen LogP contribution in [0.5, 0.6) is 0 Å². The van der Waals surface area contributed by atoms with Gasteiger partial charge in [-0.25, -0.2) is 23.5 Å². The number of halogens is 2. The number of pyridine rings is 1. The van der Waals surface area contributed by atoms with E-state index < -0.39 is 24.1 Å². The number of aromatic nitrogens is 3. The zero-order valence-corrected chi connectivity index (χ0v) is 16.7. The number of nitrogens with zero attached hydrogens (tertiary/aromatic N) is 5. The highest BCUT2D eigenvalue weighted by Crippen LogP contribution is 2.39. The molecule has 2 aromatic heterocycles. The second-order valence-electron chi connectivity index (χ2n) is 7.78. The minimum Gasteiger partial charge on any atom is -0.309 e. The van der Waals surface area contributed by atoms with Gasteiger partial charge in [0.2, 0.25) is 5.95 Å². The molecule has 1 saturated carbocycles. The molecular formula is C21H23F2N5O2. The van der Waals surface area contributed by atoms with Crippen LogP contribution >= 0.6 is 0 Å². The number of alkyl halides is 1. The van der Waals surface area contributed by atoms with Crippen LogP contribution < -0.4 is 4.90 Å². The van der Waals surface area contributed by atoms with E-state index in [-0.39, 0.29) is 37.7 Å². The Kier molecular flexibility index (Phi) is 5.69. The van der Waals surface area contributed by atoms with Crippen molar-refractivity contribution in [1.29, 1.82) is 0 Å². The van der Waals surface area contributed by atoms with Crippen LogP contribution in [0.1, 0.15) is 43.4 Å². The molecule has 4 rings (SSSR count). The molecule has 3 heterocycles. The van der Waals surface area contributed by atoms with Crippen LogP contribution in [0.2, 0.25) is 0 Å². The molecule has 0 aromatic carbocycles. The molecule has 1 saturated heterocycles. The van der Waals surface area contributed by atoms with Gasteiger partial charge in [0, 0.05) is 11.9 Å². The van der Waals surface area contributed by atoms with E-state index in [0.717, 1.165) is 25.2 Å². The van der Waals surface area contributed by atoms with Crippen molar-refractivity contribution in [1.82, 2.24) is 19.9 Å². The van der Waals surface area contributed by atoms with Gasteiger partial charge in [0.1, 0.15) is 6.17 Å². The summed E-state index contributed by atoms with van der Waals surface area (Å²) in [5.74, 6) is -0.318. The fraction of sp³-hybridized carbons (Fsp3) is 0.476. The van der Waals surface area contributed by atoms with Gasteiger partial charge in [-0.05, 0) is 42.9 Å². The van der Waals surface area contributed by atoms with Crippen LogP contribution in [0, 0.1) is 5.82 Å². The summed E-state index contributed by atoms with van der Waals surface area (Å²) in [7, 11) is 0. The number of hydrogen-bond donors (Lipinski definition) is 0. The molecule has 9 heteroatoms. The van der Waals surface area contributed by atoms with Gasteiger partial charge in [0.15, 0.2) is 11.6 Å². The van der Waals surface area contributed by atoms with Crippen molar-refractivity contribution in [3.8, 4) is 0 Å². The molecule has 1 aliphatic carbocycles. The molecule has 2 atom stereocenters. The summed E-state index contributed by atoms with van der Waals surface area (Å²) in [6.07, 6.45) is 4.87. The molecule has 2 aliphatic rings. The quantitative estimate of drug-likeness (QED) is 0.662. The van der Waals surface area contributed by atoms with Crippen LogP contribution in [0.25, 0.3) is 0 Å². The van der Waals surface area contributed by atoms with Gasteiger partial charge >= 0.3 is 6.03 Å².